The van der Waals surface area contributed by atoms with Gasteiger partial charge in [-0.1, -0.05) is 0 Å². The van der Waals surface area contributed by atoms with Crippen molar-refractivity contribution in [1.29, 1.82) is 5.26 Å². The topological polar surface area (TPSA) is 104 Å². The van der Waals surface area contributed by atoms with Crippen LogP contribution in [0.3, 0.4) is 0 Å². The quantitative estimate of drug-likeness (QED) is 0.695. The van der Waals surface area contributed by atoms with E-state index in [1.54, 1.807) is 7.05 Å². The fraction of sp³-hybridized carbons (Fsp3) is 0.333. The third-order valence-electron chi connectivity index (χ3n) is 2.91. The maximum absolute atomic E-state index is 12.0. The summed E-state index contributed by atoms with van der Waals surface area (Å²) in [6.45, 7) is 0. The van der Waals surface area contributed by atoms with Crippen molar-refractivity contribution in [2.24, 2.45) is 7.05 Å². The van der Waals surface area contributed by atoms with Crippen LogP contribution in [0.1, 0.15) is 28.9 Å². The minimum absolute atomic E-state index is 0.202. The van der Waals surface area contributed by atoms with Gasteiger partial charge in [0.2, 0.25) is 11.8 Å². The molecule has 1 fully saturated rings. The van der Waals surface area contributed by atoms with Crippen molar-refractivity contribution in [2.75, 3.05) is 0 Å². The Kier molecular flexibility index (Phi) is 3.33. The second-order valence-electron chi connectivity index (χ2n) is 4.31. The summed E-state index contributed by atoms with van der Waals surface area (Å²) < 4.78 is 1.51. The zero-order valence-electron chi connectivity index (χ0n) is 10.3. The molecule has 3 amide bonds. The lowest BCUT2D eigenvalue weighted by Crippen LogP contribution is -2.52. The lowest BCUT2D eigenvalue weighted by Gasteiger charge is -2.21. The predicted octanol–water partition coefficient (Wildman–Crippen LogP) is -0.568. The summed E-state index contributed by atoms with van der Waals surface area (Å²) in [4.78, 5) is 34.5. The normalized spacial score (nSPS) is 18.6. The number of carbonyl (C=O) groups is 3. The predicted molar refractivity (Wildman–Crippen MR) is 63.8 cm³/mol. The van der Waals surface area contributed by atoms with E-state index in [2.05, 4.69) is 10.6 Å². The van der Waals surface area contributed by atoms with Gasteiger partial charge in [-0.15, -0.1) is 0 Å². The van der Waals surface area contributed by atoms with Gasteiger partial charge in [0.25, 0.3) is 5.91 Å². The number of hydrogen-bond acceptors (Lipinski definition) is 4. The van der Waals surface area contributed by atoms with Crippen molar-refractivity contribution in [3.63, 3.8) is 0 Å². The third kappa shape index (κ3) is 2.63. The number of rotatable bonds is 2. The molecule has 0 aromatic carbocycles. The molecule has 7 heteroatoms. The third-order valence-corrected chi connectivity index (χ3v) is 2.91. The van der Waals surface area contributed by atoms with E-state index < -0.39 is 17.9 Å². The van der Waals surface area contributed by atoms with Crippen molar-refractivity contribution in [1.82, 2.24) is 15.2 Å². The number of imide groups is 1. The van der Waals surface area contributed by atoms with Crippen LogP contribution in [-0.4, -0.2) is 28.3 Å². The molecule has 2 rings (SSSR count). The van der Waals surface area contributed by atoms with Crippen LogP contribution in [0.25, 0.3) is 0 Å². The Bertz CT molecular complexity index is 597. The largest absolute Gasteiger partial charge is 0.345 e. The van der Waals surface area contributed by atoms with Gasteiger partial charge in [0, 0.05) is 19.7 Å². The summed E-state index contributed by atoms with van der Waals surface area (Å²) in [6.07, 6.45) is 2.01. The van der Waals surface area contributed by atoms with E-state index in [0.717, 1.165) is 0 Å². The number of aryl methyl sites for hydroxylation is 1. The molecule has 1 aliphatic rings. The van der Waals surface area contributed by atoms with E-state index in [0.29, 0.717) is 11.3 Å². The second-order valence-corrected chi connectivity index (χ2v) is 4.31. The monoisotopic (exact) mass is 260 g/mol. The molecular weight excluding hydrogens is 248 g/mol. The number of nitrogens with one attached hydrogen (secondary N) is 2. The van der Waals surface area contributed by atoms with Crippen molar-refractivity contribution in [2.45, 2.75) is 18.9 Å². The summed E-state index contributed by atoms with van der Waals surface area (Å²) in [5, 5.41) is 13.5. The van der Waals surface area contributed by atoms with Gasteiger partial charge in [-0.05, 0) is 12.5 Å². The Labute approximate surface area is 109 Å². The molecule has 0 bridgehead atoms. The zero-order valence-corrected chi connectivity index (χ0v) is 10.3. The van der Waals surface area contributed by atoms with Crippen LogP contribution in [0, 0.1) is 11.3 Å². The Morgan fingerprint density at radius 3 is 2.89 bits per heavy atom. The summed E-state index contributed by atoms with van der Waals surface area (Å²) in [6, 6.07) is 2.67. The van der Waals surface area contributed by atoms with Gasteiger partial charge in [0.15, 0.2) is 0 Å². The summed E-state index contributed by atoms with van der Waals surface area (Å²) in [7, 11) is 1.64. The molecule has 1 saturated heterocycles. The van der Waals surface area contributed by atoms with Crippen molar-refractivity contribution in [3.05, 3.63) is 23.5 Å². The van der Waals surface area contributed by atoms with E-state index in [1.807, 2.05) is 6.07 Å². The van der Waals surface area contributed by atoms with Crippen LogP contribution in [0.15, 0.2) is 12.3 Å². The van der Waals surface area contributed by atoms with Crippen LogP contribution in [0.2, 0.25) is 0 Å². The Hall–Kier alpha value is -2.62. The molecule has 0 radical (unpaired) electrons. The highest BCUT2D eigenvalue weighted by atomic mass is 16.2. The van der Waals surface area contributed by atoms with Crippen LogP contribution in [0.5, 0.6) is 0 Å². The fourth-order valence-electron chi connectivity index (χ4n) is 1.91. The standard InChI is InChI=1S/C12H12N4O3/c1-16-6-7(5-13)4-9(16)12(19)14-8-2-3-10(17)15-11(8)18/h4,6,8H,2-3H2,1H3,(H,14,19)(H,15,17,18)/t8-/m0/s1. The SMILES string of the molecule is Cn1cc(C#N)cc1C(=O)N[C@H]1CCC(=O)NC1=O. The molecule has 0 spiro atoms. The molecular formula is C12H12N4O3. The average Bonchev–Trinajstić information content (AvgIpc) is 2.74. The molecule has 1 aromatic rings. The highest BCUT2D eigenvalue weighted by molar-refractivity contribution is 6.03. The number of nitriles is 1. The highest BCUT2D eigenvalue weighted by Crippen LogP contribution is 2.09. The molecule has 0 aliphatic carbocycles. The zero-order chi connectivity index (χ0) is 14.0. The minimum atomic E-state index is -0.717. The Balaban J connectivity index is 2.09. The first-order valence-electron chi connectivity index (χ1n) is 5.72. The molecule has 98 valence electrons. The van der Waals surface area contributed by atoms with Gasteiger partial charge in [0.1, 0.15) is 17.8 Å². The fourth-order valence-corrected chi connectivity index (χ4v) is 1.91. The second kappa shape index (κ2) is 4.94. The molecule has 7 nitrogen and oxygen atoms in total. The molecule has 2 heterocycles. The summed E-state index contributed by atoms with van der Waals surface area (Å²) in [5.74, 6) is -1.28. The Morgan fingerprint density at radius 1 is 1.58 bits per heavy atom. The molecule has 1 aliphatic heterocycles. The average molecular weight is 260 g/mol. The van der Waals surface area contributed by atoms with Crippen molar-refractivity contribution in [3.8, 4) is 6.07 Å². The number of aromatic nitrogens is 1. The van der Waals surface area contributed by atoms with Gasteiger partial charge in [-0.3, -0.25) is 19.7 Å². The van der Waals surface area contributed by atoms with Crippen molar-refractivity contribution < 1.29 is 14.4 Å². The van der Waals surface area contributed by atoms with Gasteiger partial charge in [-0.25, -0.2) is 0 Å². The lowest BCUT2D eigenvalue weighted by atomic mass is 10.1. The summed E-state index contributed by atoms with van der Waals surface area (Å²) >= 11 is 0. The number of carbonyl (C=O) groups excluding carboxylic acids is 3. The van der Waals surface area contributed by atoms with Crippen LogP contribution in [-0.2, 0) is 16.6 Å². The highest BCUT2D eigenvalue weighted by Gasteiger charge is 2.28. The Morgan fingerprint density at radius 2 is 2.32 bits per heavy atom. The van der Waals surface area contributed by atoms with Gasteiger partial charge in [-0.2, -0.15) is 5.26 Å². The van der Waals surface area contributed by atoms with Gasteiger partial charge in [0.05, 0.1) is 5.56 Å². The molecule has 19 heavy (non-hydrogen) atoms. The maximum Gasteiger partial charge on any atom is 0.268 e. The van der Waals surface area contributed by atoms with E-state index in [4.69, 9.17) is 5.26 Å². The van der Waals surface area contributed by atoms with Crippen LogP contribution < -0.4 is 10.6 Å². The van der Waals surface area contributed by atoms with E-state index >= 15 is 0 Å². The molecule has 2 N–H and O–H groups in total. The molecule has 0 saturated carbocycles. The van der Waals surface area contributed by atoms with E-state index in [-0.39, 0.29) is 18.7 Å². The summed E-state index contributed by atoms with van der Waals surface area (Å²) in [5.41, 5.74) is 0.664. The lowest BCUT2D eigenvalue weighted by molar-refractivity contribution is -0.134. The minimum Gasteiger partial charge on any atom is -0.345 e. The first-order valence-corrected chi connectivity index (χ1v) is 5.72. The van der Waals surface area contributed by atoms with Crippen LogP contribution in [0.4, 0.5) is 0 Å². The van der Waals surface area contributed by atoms with E-state index in [9.17, 15) is 14.4 Å². The smallest absolute Gasteiger partial charge is 0.268 e. The molecule has 0 unspecified atom stereocenters. The number of piperidine rings is 1. The van der Waals surface area contributed by atoms with Crippen LogP contribution >= 0.6 is 0 Å². The molecule has 1 aromatic heterocycles. The maximum atomic E-state index is 12.0. The number of nitrogens with zero attached hydrogens (tertiary/aromatic N) is 2. The number of amides is 3. The van der Waals surface area contributed by atoms with Gasteiger partial charge >= 0.3 is 0 Å². The van der Waals surface area contributed by atoms with Gasteiger partial charge < -0.3 is 9.88 Å². The van der Waals surface area contributed by atoms with E-state index in [1.165, 1.54) is 16.8 Å². The first-order chi connectivity index (χ1) is 9.01. The van der Waals surface area contributed by atoms with Crippen molar-refractivity contribution >= 4 is 17.7 Å². The number of hydrogen-bond donors (Lipinski definition) is 2. The molecule has 1 atom stereocenters. The first kappa shape index (κ1) is 12.8.